The van der Waals surface area contributed by atoms with E-state index in [9.17, 15) is 0 Å². The van der Waals surface area contributed by atoms with Crippen molar-refractivity contribution in [3.05, 3.63) is 114 Å². The molecule has 1 aliphatic heterocycles. The molecule has 4 aromatic carbocycles. The van der Waals surface area contributed by atoms with Crippen molar-refractivity contribution < 1.29 is 4.74 Å². The van der Waals surface area contributed by atoms with E-state index in [-0.39, 0.29) is 6.10 Å². The molecule has 0 saturated carbocycles. The molecule has 1 fully saturated rings. The van der Waals surface area contributed by atoms with Crippen molar-refractivity contribution in [1.82, 2.24) is 4.90 Å². The third-order valence-corrected chi connectivity index (χ3v) is 7.11. The van der Waals surface area contributed by atoms with Crippen molar-refractivity contribution in [1.29, 1.82) is 0 Å². The molecule has 0 spiro atoms. The van der Waals surface area contributed by atoms with Crippen LogP contribution < -0.4 is 4.74 Å². The van der Waals surface area contributed by atoms with Gasteiger partial charge in [-0.05, 0) is 66.9 Å². The fraction of sp³-hybridized carbons (Fsp3) is 0.290. The van der Waals surface area contributed by atoms with Crippen LogP contribution in [0.5, 0.6) is 5.75 Å². The van der Waals surface area contributed by atoms with Gasteiger partial charge in [-0.2, -0.15) is 0 Å². The molecule has 0 N–H and O–H groups in total. The number of aryl methyl sites for hydroxylation is 1. The molecule has 2 heteroatoms. The maximum absolute atomic E-state index is 6.68. The first-order valence-corrected chi connectivity index (χ1v) is 12.3. The van der Waals surface area contributed by atoms with E-state index in [1.807, 2.05) is 0 Å². The summed E-state index contributed by atoms with van der Waals surface area (Å²) in [6.45, 7) is 5.63. The first-order chi connectivity index (χ1) is 16.3. The van der Waals surface area contributed by atoms with Gasteiger partial charge in [0.25, 0.3) is 0 Å². The third-order valence-electron chi connectivity index (χ3n) is 7.11. The van der Waals surface area contributed by atoms with Crippen LogP contribution in [-0.4, -0.2) is 24.5 Å². The summed E-state index contributed by atoms with van der Waals surface area (Å²) < 4.78 is 6.68. The summed E-state index contributed by atoms with van der Waals surface area (Å²) in [5.74, 6) is 1.67. The van der Waals surface area contributed by atoms with Crippen LogP contribution in [0.15, 0.2) is 97.1 Å². The van der Waals surface area contributed by atoms with E-state index < -0.39 is 0 Å². The van der Waals surface area contributed by atoms with Gasteiger partial charge in [-0.25, -0.2) is 0 Å². The summed E-state index contributed by atoms with van der Waals surface area (Å²) in [7, 11) is 0. The smallest absolute Gasteiger partial charge is 0.128 e. The molecular weight excluding hydrogens is 402 g/mol. The summed E-state index contributed by atoms with van der Waals surface area (Å²) in [6.07, 6.45) is 3.52. The Morgan fingerprint density at radius 1 is 0.788 bits per heavy atom. The number of hydrogen-bond donors (Lipinski definition) is 0. The Kier molecular flexibility index (Phi) is 6.73. The van der Waals surface area contributed by atoms with E-state index in [2.05, 4.69) is 109 Å². The molecule has 0 amide bonds. The highest BCUT2D eigenvalue weighted by Gasteiger charge is 2.23. The maximum atomic E-state index is 6.68. The molecule has 0 aromatic heterocycles. The topological polar surface area (TPSA) is 12.5 Å². The Bertz CT molecular complexity index is 1170. The van der Waals surface area contributed by atoms with Gasteiger partial charge in [-0.1, -0.05) is 91.0 Å². The molecule has 33 heavy (non-hydrogen) atoms. The lowest BCUT2D eigenvalue weighted by atomic mass is 9.87. The van der Waals surface area contributed by atoms with E-state index >= 15 is 0 Å². The molecule has 1 saturated heterocycles. The Hall–Kier alpha value is -3.10. The SMILES string of the molecule is Cc1ccccc1C1CCN(CC[C@H](Oc2cccc3ccccc23)c2ccccc2)CC1. The van der Waals surface area contributed by atoms with Crippen LogP contribution in [0.25, 0.3) is 10.8 Å². The number of nitrogens with zero attached hydrogens (tertiary/aromatic N) is 1. The van der Waals surface area contributed by atoms with Crippen LogP contribution in [0.4, 0.5) is 0 Å². The first-order valence-electron chi connectivity index (χ1n) is 12.3. The highest BCUT2D eigenvalue weighted by molar-refractivity contribution is 5.88. The lowest BCUT2D eigenvalue weighted by Crippen LogP contribution is -2.34. The Labute approximate surface area is 197 Å². The summed E-state index contributed by atoms with van der Waals surface area (Å²) in [6, 6.07) is 34.4. The number of benzene rings is 4. The standard InChI is InChI=1S/C31H33NO/c1-24-10-5-7-15-28(24)26-18-21-32(22-19-26)23-20-30(27-12-3-2-4-13-27)33-31-17-9-14-25-11-6-8-16-29(25)31/h2-17,26,30H,18-23H2,1H3/t30-/m0/s1. The van der Waals surface area contributed by atoms with Crippen molar-refractivity contribution >= 4 is 10.8 Å². The summed E-state index contributed by atoms with van der Waals surface area (Å²) in [5.41, 5.74) is 4.22. The third kappa shape index (κ3) is 5.12. The molecule has 0 unspecified atom stereocenters. The number of ether oxygens (including phenoxy) is 1. The fourth-order valence-corrected chi connectivity index (χ4v) is 5.23. The van der Waals surface area contributed by atoms with Crippen LogP contribution in [-0.2, 0) is 0 Å². The Morgan fingerprint density at radius 3 is 2.30 bits per heavy atom. The molecule has 0 bridgehead atoms. The molecule has 2 nitrogen and oxygen atoms in total. The Morgan fingerprint density at radius 2 is 1.48 bits per heavy atom. The zero-order valence-electron chi connectivity index (χ0n) is 19.5. The summed E-state index contributed by atoms with van der Waals surface area (Å²) >= 11 is 0. The lowest BCUT2D eigenvalue weighted by Gasteiger charge is -2.33. The number of rotatable bonds is 7. The minimum atomic E-state index is 0.0473. The van der Waals surface area contributed by atoms with Crippen LogP contribution in [0.2, 0.25) is 0 Å². The number of likely N-dealkylation sites (tertiary alicyclic amines) is 1. The molecule has 0 radical (unpaired) electrons. The largest absolute Gasteiger partial charge is 0.485 e. The molecule has 1 aliphatic rings. The van der Waals surface area contributed by atoms with Gasteiger partial charge in [0.05, 0.1) is 0 Å². The van der Waals surface area contributed by atoms with Gasteiger partial charge in [-0.3, -0.25) is 0 Å². The van der Waals surface area contributed by atoms with Gasteiger partial charge in [-0.15, -0.1) is 0 Å². The van der Waals surface area contributed by atoms with Gasteiger partial charge in [0.15, 0.2) is 0 Å². The van der Waals surface area contributed by atoms with E-state index in [0.29, 0.717) is 5.92 Å². The normalized spacial score (nSPS) is 16.0. The maximum Gasteiger partial charge on any atom is 0.128 e. The average Bonchev–Trinajstić information content (AvgIpc) is 2.88. The van der Waals surface area contributed by atoms with Crippen LogP contribution in [0, 0.1) is 6.92 Å². The summed E-state index contributed by atoms with van der Waals surface area (Å²) in [5, 5.41) is 2.40. The molecule has 5 rings (SSSR count). The van der Waals surface area contributed by atoms with Gasteiger partial charge < -0.3 is 9.64 Å². The molecule has 1 atom stereocenters. The first kappa shape index (κ1) is 21.7. The van der Waals surface area contributed by atoms with E-state index in [0.717, 1.165) is 31.8 Å². The van der Waals surface area contributed by atoms with Gasteiger partial charge in [0.2, 0.25) is 0 Å². The lowest BCUT2D eigenvalue weighted by molar-refractivity contribution is 0.149. The van der Waals surface area contributed by atoms with Crippen molar-refractivity contribution in [2.75, 3.05) is 19.6 Å². The van der Waals surface area contributed by atoms with Crippen LogP contribution in [0.1, 0.15) is 48.0 Å². The summed E-state index contributed by atoms with van der Waals surface area (Å²) in [4.78, 5) is 2.62. The number of hydrogen-bond acceptors (Lipinski definition) is 2. The van der Waals surface area contributed by atoms with Gasteiger partial charge in [0, 0.05) is 18.4 Å². The molecule has 1 heterocycles. The second kappa shape index (κ2) is 10.2. The zero-order chi connectivity index (χ0) is 22.5. The van der Waals surface area contributed by atoms with Crippen molar-refractivity contribution in [2.45, 2.75) is 38.2 Å². The van der Waals surface area contributed by atoms with Gasteiger partial charge >= 0.3 is 0 Å². The predicted octanol–water partition coefficient (Wildman–Crippen LogP) is 7.54. The minimum absolute atomic E-state index is 0.0473. The van der Waals surface area contributed by atoms with E-state index in [4.69, 9.17) is 4.74 Å². The monoisotopic (exact) mass is 435 g/mol. The van der Waals surface area contributed by atoms with Crippen molar-refractivity contribution in [2.24, 2.45) is 0 Å². The molecule has 0 aliphatic carbocycles. The molecule has 168 valence electrons. The highest BCUT2D eigenvalue weighted by atomic mass is 16.5. The highest BCUT2D eigenvalue weighted by Crippen LogP contribution is 2.33. The van der Waals surface area contributed by atoms with E-state index in [1.165, 1.54) is 34.7 Å². The number of fused-ring (bicyclic) bond motifs is 1. The van der Waals surface area contributed by atoms with Crippen molar-refractivity contribution in [3.63, 3.8) is 0 Å². The van der Waals surface area contributed by atoms with E-state index in [1.54, 1.807) is 5.56 Å². The van der Waals surface area contributed by atoms with Gasteiger partial charge in [0.1, 0.15) is 11.9 Å². The van der Waals surface area contributed by atoms with Crippen LogP contribution in [0.3, 0.4) is 0 Å². The second-order valence-electron chi connectivity index (χ2n) is 9.26. The molecular formula is C31H33NO. The fourth-order valence-electron chi connectivity index (χ4n) is 5.23. The quantitative estimate of drug-likeness (QED) is 0.297. The second-order valence-corrected chi connectivity index (χ2v) is 9.26. The zero-order valence-corrected chi connectivity index (χ0v) is 19.5. The Balaban J connectivity index is 1.26. The molecule has 4 aromatic rings. The van der Waals surface area contributed by atoms with Crippen molar-refractivity contribution in [3.8, 4) is 5.75 Å². The average molecular weight is 436 g/mol. The number of piperidine rings is 1. The minimum Gasteiger partial charge on any atom is -0.485 e. The predicted molar refractivity (Wildman–Crippen MR) is 138 cm³/mol. The van der Waals surface area contributed by atoms with Crippen LogP contribution >= 0.6 is 0 Å².